The van der Waals surface area contributed by atoms with Crippen molar-refractivity contribution in [3.63, 3.8) is 0 Å². The molecule has 0 aliphatic carbocycles. The maximum absolute atomic E-state index is 12.1. The molecule has 0 radical (unpaired) electrons. The molecule has 4 rings (SSSR count). The number of carbonyl (C=O) groups is 1. The molecular weight excluding hydrogens is 312 g/mol. The Bertz CT molecular complexity index is 814. The van der Waals surface area contributed by atoms with Crippen LogP contribution in [0.5, 0.6) is 0 Å². The first kappa shape index (κ1) is 14.1. The number of hydrogen-bond acceptors (Lipinski definition) is 6. The van der Waals surface area contributed by atoms with E-state index in [4.69, 9.17) is 0 Å². The molecule has 1 fully saturated rings. The first-order valence-corrected chi connectivity index (χ1v) is 8.38. The van der Waals surface area contributed by atoms with Crippen molar-refractivity contribution >= 4 is 28.7 Å². The molecule has 0 bridgehead atoms. The minimum atomic E-state index is 0.0768. The van der Waals surface area contributed by atoms with Crippen LogP contribution in [-0.2, 0) is 11.2 Å². The van der Waals surface area contributed by atoms with Gasteiger partial charge in [0.25, 0.3) is 0 Å². The standard InChI is InChI=1S/C15H16N6OS/c22-13(8-12-2-1-7-23-12)18-11-3-5-20(9-11)14-15-19-17-10-21(15)6-4-16-14/h1-2,4,6-7,10-11H,3,5,8-9H2,(H,18,22)/t11-/m0/s1. The molecule has 1 N–H and O–H groups in total. The van der Waals surface area contributed by atoms with Gasteiger partial charge in [0.05, 0.1) is 6.42 Å². The molecule has 3 aromatic heterocycles. The summed E-state index contributed by atoms with van der Waals surface area (Å²) in [4.78, 5) is 19.8. The first-order valence-electron chi connectivity index (χ1n) is 7.50. The number of fused-ring (bicyclic) bond motifs is 1. The van der Waals surface area contributed by atoms with Crippen molar-refractivity contribution in [1.29, 1.82) is 0 Å². The van der Waals surface area contributed by atoms with Gasteiger partial charge in [-0.2, -0.15) is 0 Å². The molecule has 1 amide bonds. The van der Waals surface area contributed by atoms with Crippen LogP contribution >= 0.6 is 11.3 Å². The van der Waals surface area contributed by atoms with Gasteiger partial charge in [0.2, 0.25) is 11.6 Å². The van der Waals surface area contributed by atoms with Crippen LogP contribution in [0, 0.1) is 0 Å². The topological polar surface area (TPSA) is 75.4 Å². The summed E-state index contributed by atoms with van der Waals surface area (Å²) in [7, 11) is 0. The van der Waals surface area contributed by atoms with Crippen molar-refractivity contribution in [3.8, 4) is 0 Å². The van der Waals surface area contributed by atoms with Crippen LogP contribution in [0.15, 0.2) is 36.2 Å². The van der Waals surface area contributed by atoms with E-state index in [0.29, 0.717) is 6.42 Å². The Hall–Kier alpha value is -2.48. The van der Waals surface area contributed by atoms with Crippen molar-refractivity contribution in [2.75, 3.05) is 18.0 Å². The van der Waals surface area contributed by atoms with Crippen LogP contribution in [0.25, 0.3) is 5.65 Å². The fraction of sp³-hybridized carbons (Fsp3) is 0.333. The Labute approximate surface area is 137 Å². The van der Waals surface area contributed by atoms with Crippen LogP contribution in [0.1, 0.15) is 11.3 Å². The van der Waals surface area contributed by atoms with Gasteiger partial charge in [0.1, 0.15) is 6.33 Å². The monoisotopic (exact) mass is 328 g/mol. The second-order valence-electron chi connectivity index (χ2n) is 5.57. The summed E-state index contributed by atoms with van der Waals surface area (Å²) < 4.78 is 1.85. The molecule has 3 aromatic rings. The summed E-state index contributed by atoms with van der Waals surface area (Å²) in [6.45, 7) is 1.60. The summed E-state index contributed by atoms with van der Waals surface area (Å²) >= 11 is 1.61. The van der Waals surface area contributed by atoms with Crippen LogP contribution in [0.3, 0.4) is 0 Å². The van der Waals surface area contributed by atoms with Gasteiger partial charge in [-0.05, 0) is 17.9 Å². The van der Waals surface area contributed by atoms with E-state index in [0.717, 1.165) is 35.9 Å². The maximum Gasteiger partial charge on any atom is 0.225 e. The molecule has 118 valence electrons. The summed E-state index contributed by atoms with van der Waals surface area (Å²) in [6, 6.07) is 4.10. The van der Waals surface area contributed by atoms with Crippen molar-refractivity contribution in [1.82, 2.24) is 24.9 Å². The van der Waals surface area contributed by atoms with Gasteiger partial charge in [0, 0.05) is 36.4 Å². The average molecular weight is 328 g/mol. The molecule has 7 nitrogen and oxygen atoms in total. The van der Waals surface area contributed by atoms with Gasteiger partial charge in [0.15, 0.2) is 5.82 Å². The Morgan fingerprint density at radius 3 is 3.30 bits per heavy atom. The minimum Gasteiger partial charge on any atom is -0.351 e. The molecule has 23 heavy (non-hydrogen) atoms. The van der Waals surface area contributed by atoms with Crippen molar-refractivity contribution < 1.29 is 4.79 Å². The Morgan fingerprint density at radius 1 is 1.48 bits per heavy atom. The van der Waals surface area contributed by atoms with Gasteiger partial charge in [-0.1, -0.05) is 6.07 Å². The van der Waals surface area contributed by atoms with Gasteiger partial charge in [-0.3, -0.25) is 9.20 Å². The third-order valence-electron chi connectivity index (χ3n) is 3.96. The van der Waals surface area contributed by atoms with Crippen LogP contribution in [0.2, 0.25) is 0 Å². The first-order chi connectivity index (χ1) is 11.3. The van der Waals surface area contributed by atoms with E-state index in [-0.39, 0.29) is 11.9 Å². The third kappa shape index (κ3) is 2.89. The Balaban J connectivity index is 1.41. The maximum atomic E-state index is 12.1. The summed E-state index contributed by atoms with van der Waals surface area (Å²) in [5.74, 6) is 0.896. The highest BCUT2D eigenvalue weighted by Crippen LogP contribution is 2.21. The number of rotatable bonds is 4. The van der Waals surface area contributed by atoms with Crippen LogP contribution in [0.4, 0.5) is 5.82 Å². The minimum absolute atomic E-state index is 0.0768. The third-order valence-corrected chi connectivity index (χ3v) is 4.84. The second kappa shape index (κ2) is 5.96. The molecule has 8 heteroatoms. The molecule has 0 saturated carbocycles. The molecule has 1 saturated heterocycles. The molecule has 0 unspecified atom stereocenters. The molecule has 1 atom stereocenters. The number of amides is 1. The number of nitrogens with one attached hydrogen (secondary N) is 1. The molecule has 0 aromatic carbocycles. The lowest BCUT2D eigenvalue weighted by atomic mass is 10.2. The predicted octanol–water partition coefficient (Wildman–Crippen LogP) is 1.12. The molecule has 1 aliphatic heterocycles. The smallest absolute Gasteiger partial charge is 0.225 e. The van der Waals surface area contributed by atoms with Gasteiger partial charge >= 0.3 is 0 Å². The van der Waals surface area contributed by atoms with E-state index in [1.54, 1.807) is 23.9 Å². The fourth-order valence-corrected chi connectivity index (χ4v) is 3.59. The van der Waals surface area contributed by atoms with Crippen LogP contribution in [-0.4, -0.2) is 44.6 Å². The zero-order chi connectivity index (χ0) is 15.6. The zero-order valence-corrected chi connectivity index (χ0v) is 13.2. The lowest BCUT2D eigenvalue weighted by Crippen LogP contribution is -2.38. The summed E-state index contributed by atoms with van der Waals surface area (Å²) in [5.41, 5.74) is 0.748. The molecular formula is C15H16N6OS. The Kier molecular flexibility index (Phi) is 3.66. The normalized spacial score (nSPS) is 17.7. The lowest BCUT2D eigenvalue weighted by molar-refractivity contribution is -0.120. The lowest BCUT2D eigenvalue weighted by Gasteiger charge is -2.18. The fourth-order valence-electron chi connectivity index (χ4n) is 2.89. The number of hydrogen-bond donors (Lipinski definition) is 1. The number of aromatic nitrogens is 4. The molecule has 4 heterocycles. The van der Waals surface area contributed by atoms with E-state index in [1.807, 2.05) is 28.1 Å². The van der Waals surface area contributed by atoms with Gasteiger partial charge < -0.3 is 10.2 Å². The second-order valence-corrected chi connectivity index (χ2v) is 6.60. The van der Waals surface area contributed by atoms with Crippen molar-refractivity contribution in [2.24, 2.45) is 0 Å². The van der Waals surface area contributed by atoms with E-state index in [1.165, 1.54) is 0 Å². The highest BCUT2D eigenvalue weighted by atomic mass is 32.1. The molecule has 1 aliphatic rings. The zero-order valence-electron chi connectivity index (χ0n) is 12.4. The highest BCUT2D eigenvalue weighted by molar-refractivity contribution is 7.10. The van der Waals surface area contributed by atoms with E-state index < -0.39 is 0 Å². The van der Waals surface area contributed by atoms with Crippen molar-refractivity contribution in [2.45, 2.75) is 18.9 Å². The van der Waals surface area contributed by atoms with Gasteiger partial charge in [-0.15, -0.1) is 21.5 Å². The number of carbonyl (C=O) groups excluding carboxylic acids is 1. The molecule has 0 spiro atoms. The Morgan fingerprint density at radius 2 is 2.43 bits per heavy atom. The summed E-state index contributed by atoms with van der Waals surface area (Å²) in [6.07, 6.45) is 6.60. The number of anilines is 1. The van der Waals surface area contributed by atoms with Crippen molar-refractivity contribution in [3.05, 3.63) is 41.1 Å². The predicted molar refractivity (Wildman–Crippen MR) is 87.6 cm³/mol. The number of thiophene rings is 1. The number of nitrogens with zero attached hydrogens (tertiary/aromatic N) is 5. The highest BCUT2D eigenvalue weighted by Gasteiger charge is 2.26. The average Bonchev–Trinajstić information content (AvgIpc) is 3.27. The van der Waals surface area contributed by atoms with E-state index in [9.17, 15) is 4.79 Å². The van der Waals surface area contributed by atoms with Gasteiger partial charge in [-0.25, -0.2) is 4.98 Å². The van der Waals surface area contributed by atoms with E-state index >= 15 is 0 Å². The van der Waals surface area contributed by atoms with Crippen LogP contribution < -0.4 is 10.2 Å². The quantitative estimate of drug-likeness (QED) is 0.777. The van der Waals surface area contributed by atoms with E-state index in [2.05, 4.69) is 25.4 Å². The largest absolute Gasteiger partial charge is 0.351 e. The SMILES string of the molecule is O=C(Cc1cccs1)N[C@H]1CCN(c2nccn3cnnc23)C1. The summed E-state index contributed by atoms with van der Waals surface area (Å²) in [5, 5.41) is 13.1.